The first-order chi connectivity index (χ1) is 10.5. The summed E-state index contributed by atoms with van der Waals surface area (Å²) in [6.07, 6.45) is 1.52. The maximum Gasteiger partial charge on any atom is 0.257 e. The van der Waals surface area contributed by atoms with Crippen molar-refractivity contribution in [1.29, 1.82) is 0 Å². The monoisotopic (exact) mass is 334 g/mol. The molecule has 0 aliphatic rings. The number of rotatable bonds is 2. The van der Waals surface area contributed by atoms with Crippen LogP contribution in [0.4, 0.5) is 5.69 Å². The maximum atomic E-state index is 12.3. The number of hydrogen-bond acceptors (Lipinski definition) is 3. The molecule has 0 fully saturated rings. The van der Waals surface area contributed by atoms with Gasteiger partial charge < -0.3 is 5.32 Å². The first-order valence-electron chi connectivity index (χ1n) is 6.51. The molecule has 3 aromatic rings. The normalized spacial score (nSPS) is 10.9. The predicted molar refractivity (Wildman–Crippen MR) is 87.7 cm³/mol. The number of nitrogens with zero attached hydrogens (tertiary/aromatic N) is 3. The van der Waals surface area contributed by atoms with E-state index in [9.17, 15) is 4.79 Å². The summed E-state index contributed by atoms with van der Waals surface area (Å²) in [4.78, 5) is 16.6. The summed E-state index contributed by atoms with van der Waals surface area (Å²) in [5.74, 6) is -0.268. The first-order valence-corrected chi connectivity index (χ1v) is 7.27. The van der Waals surface area contributed by atoms with Crippen molar-refractivity contribution in [3.8, 4) is 0 Å². The van der Waals surface area contributed by atoms with Gasteiger partial charge in [0, 0.05) is 24.3 Å². The number of hydrogen-bond donors (Lipinski definition) is 1. The summed E-state index contributed by atoms with van der Waals surface area (Å²) in [5, 5.41) is 8.73. The van der Waals surface area contributed by atoms with Crippen LogP contribution >= 0.6 is 23.2 Å². The Morgan fingerprint density at radius 1 is 1.23 bits per heavy atom. The van der Waals surface area contributed by atoms with Gasteiger partial charge in [0.25, 0.3) is 5.91 Å². The van der Waals surface area contributed by atoms with Crippen molar-refractivity contribution in [1.82, 2.24) is 14.8 Å². The molecule has 0 spiro atoms. The minimum atomic E-state index is -0.268. The van der Waals surface area contributed by atoms with Crippen LogP contribution in [0.1, 0.15) is 16.1 Å². The second kappa shape index (κ2) is 5.59. The van der Waals surface area contributed by atoms with Crippen molar-refractivity contribution < 1.29 is 4.79 Å². The van der Waals surface area contributed by atoms with Crippen molar-refractivity contribution in [3.05, 3.63) is 51.8 Å². The average molecular weight is 335 g/mol. The molecule has 0 unspecified atom stereocenters. The number of carbonyl (C=O) groups is 1. The Bertz CT molecular complexity index is 889. The van der Waals surface area contributed by atoms with E-state index >= 15 is 0 Å². The molecule has 0 aliphatic carbocycles. The van der Waals surface area contributed by atoms with Crippen molar-refractivity contribution in [2.24, 2.45) is 7.05 Å². The summed E-state index contributed by atoms with van der Waals surface area (Å²) in [5.41, 5.74) is 2.59. The maximum absolute atomic E-state index is 12.3. The number of aryl methyl sites for hydroxylation is 2. The molecule has 0 atom stereocenters. The molecule has 7 heteroatoms. The van der Waals surface area contributed by atoms with Crippen LogP contribution in [0.5, 0.6) is 0 Å². The molecule has 112 valence electrons. The zero-order chi connectivity index (χ0) is 15.9. The van der Waals surface area contributed by atoms with E-state index < -0.39 is 0 Å². The third kappa shape index (κ3) is 2.65. The van der Waals surface area contributed by atoms with Gasteiger partial charge in [-0.25, -0.2) is 4.98 Å². The Balaban J connectivity index is 1.91. The van der Waals surface area contributed by atoms with Gasteiger partial charge in [-0.2, -0.15) is 5.10 Å². The molecule has 22 heavy (non-hydrogen) atoms. The van der Waals surface area contributed by atoms with Gasteiger partial charge in [0.2, 0.25) is 0 Å². The minimum Gasteiger partial charge on any atom is -0.322 e. The van der Waals surface area contributed by atoms with Crippen LogP contribution in [0.3, 0.4) is 0 Å². The van der Waals surface area contributed by atoms with Gasteiger partial charge in [-0.1, -0.05) is 23.2 Å². The SMILES string of the molecule is Cc1nn(C)c2ncc(C(=O)Nc3ccc(Cl)c(Cl)c3)cc12. The van der Waals surface area contributed by atoms with Gasteiger partial charge in [0.05, 0.1) is 21.3 Å². The Labute approximate surface area is 136 Å². The largest absolute Gasteiger partial charge is 0.322 e. The number of nitrogens with one attached hydrogen (secondary N) is 1. The summed E-state index contributed by atoms with van der Waals surface area (Å²) >= 11 is 11.8. The molecule has 5 nitrogen and oxygen atoms in total. The highest BCUT2D eigenvalue weighted by atomic mass is 35.5. The van der Waals surface area contributed by atoms with Gasteiger partial charge in [-0.3, -0.25) is 9.48 Å². The van der Waals surface area contributed by atoms with E-state index in [2.05, 4.69) is 15.4 Å². The van der Waals surface area contributed by atoms with Crippen molar-refractivity contribution in [2.45, 2.75) is 6.92 Å². The highest BCUT2D eigenvalue weighted by Gasteiger charge is 2.12. The number of halogens is 2. The highest BCUT2D eigenvalue weighted by Crippen LogP contribution is 2.25. The van der Waals surface area contributed by atoms with E-state index in [1.165, 1.54) is 6.20 Å². The van der Waals surface area contributed by atoms with Crippen molar-refractivity contribution in [3.63, 3.8) is 0 Å². The first kappa shape index (κ1) is 14.8. The third-order valence-corrected chi connectivity index (χ3v) is 4.04. The van der Waals surface area contributed by atoms with E-state index in [-0.39, 0.29) is 5.91 Å². The summed E-state index contributed by atoms with van der Waals surface area (Å²) in [6, 6.07) is 6.69. The highest BCUT2D eigenvalue weighted by molar-refractivity contribution is 6.42. The van der Waals surface area contributed by atoms with Crippen molar-refractivity contribution in [2.75, 3.05) is 5.32 Å². The lowest BCUT2D eigenvalue weighted by molar-refractivity contribution is 0.102. The molecular formula is C15H12Cl2N4O. The summed E-state index contributed by atoms with van der Waals surface area (Å²) in [6.45, 7) is 1.88. The Hall–Kier alpha value is -2.11. The molecule has 0 saturated heterocycles. The lowest BCUT2D eigenvalue weighted by Gasteiger charge is -2.06. The van der Waals surface area contributed by atoms with E-state index in [1.807, 2.05) is 14.0 Å². The molecule has 3 rings (SSSR count). The number of aromatic nitrogens is 3. The summed E-state index contributed by atoms with van der Waals surface area (Å²) < 4.78 is 1.69. The Kier molecular flexibility index (Phi) is 3.76. The zero-order valence-electron chi connectivity index (χ0n) is 11.9. The van der Waals surface area contributed by atoms with Crippen LogP contribution < -0.4 is 5.32 Å². The summed E-state index contributed by atoms with van der Waals surface area (Å²) in [7, 11) is 1.82. The molecule has 1 aromatic carbocycles. The Morgan fingerprint density at radius 3 is 2.73 bits per heavy atom. The number of carbonyl (C=O) groups excluding carboxylic acids is 1. The zero-order valence-corrected chi connectivity index (χ0v) is 13.4. The lowest BCUT2D eigenvalue weighted by atomic mass is 10.2. The van der Waals surface area contributed by atoms with E-state index in [0.29, 0.717) is 21.3 Å². The van der Waals surface area contributed by atoms with Crippen molar-refractivity contribution >= 4 is 45.8 Å². The van der Waals surface area contributed by atoms with Crippen LogP contribution in [-0.4, -0.2) is 20.7 Å². The molecule has 0 saturated carbocycles. The number of anilines is 1. The third-order valence-electron chi connectivity index (χ3n) is 3.30. The van der Waals surface area contributed by atoms with Crippen LogP contribution in [0.2, 0.25) is 10.0 Å². The minimum absolute atomic E-state index is 0.268. The van der Waals surface area contributed by atoms with Crippen LogP contribution in [0.15, 0.2) is 30.5 Å². The molecule has 0 bridgehead atoms. The fraction of sp³-hybridized carbons (Fsp3) is 0.133. The molecule has 2 aromatic heterocycles. The second-order valence-corrected chi connectivity index (χ2v) is 5.70. The number of pyridine rings is 1. The fourth-order valence-electron chi connectivity index (χ4n) is 2.21. The molecule has 2 heterocycles. The fourth-order valence-corrected chi connectivity index (χ4v) is 2.51. The van der Waals surface area contributed by atoms with Crippen LogP contribution in [0.25, 0.3) is 11.0 Å². The topological polar surface area (TPSA) is 59.8 Å². The van der Waals surface area contributed by atoms with E-state index in [4.69, 9.17) is 23.2 Å². The van der Waals surface area contributed by atoms with Crippen LogP contribution in [0, 0.1) is 6.92 Å². The molecule has 1 N–H and O–H groups in total. The van der Waals surface area contributed by atoms with Crippen LogP contribution in [-0.2, 0) is 7.05 Å². The average Bonchev–Trinajstić information content (AvgIpc) is 2.77. The smallest absolute Gasteiger partial charge is 0.257 e. The van der Waals surface area contributed by atoms with E-state index in [0.717, 1.165) is 16.7 Å². The van der Waals surface area contributed by atoms with Gasteiger partial charge >= 0.3 is 0 Å². The number of fused-ring (bicyclic) bond motifs is 1. The molecule has 0 radical (unpaired) electrons. The Morgan fingerprint density at radius 2 is 2.00 bits per heavy atom. The molecular weight excluding hydrogens is 323 g/mol. The number of benzene rings is 1. The molecule has 1 amide bonds. The van der Waals surface area contributed by atoms with Gasteiger partial charge in [-0.15, -0.1) is 0 Å². The van der Waals surface area contributed by atoms with E-state index in [1.54, 1.807) is 28.9 Å². The quantitative estimate of drug-likeness (QED) is 0.774. The predicted octanol–water partition coefficient (Wildman–Crippen LogP) is 3.84. The molecule has 0 aliphatic heterocycles. The standard InChI is InChI=1S/C15H12Cl2N4O/c1-8-11-5-9(7-18-14(11)21(2)20-8)15(22)19-10-3-4-12(16)13(17)6-10/h3-7H,1-2H3,(H,19,22). The van der Waals surface area contributed by atoms with Gasteiger partial charge in [-0.05, 0) is 31.2 Å². The van der Waals surface area contributed by atoms with Gasteiger partial charge in [0.1, 0.15) is 0 Å². The second-order valence-electron chi connectivity index (χ2n) is 4.89. The lowest BCUT2D eigenvalue weighted by Crippen LogP contribution is -2.12. The van der Waals surface area contributed by atoms with Gasteiger partial charge in [0.15, 0.2) is 5.65 Å². The number of amides is 1.